The van der Waals surface area contributed by atoms with Crippen molar-refractivity contribution in [1.29, 1.82) is 0 Å². The van der Waals surface area contributed by atoms with E-state index in [0.717, 1.165) is 30.2 Å². The predicted molar refractivity (Wildman–Crippen MR) is 82.3 cm³/mol. The SMILES string of the molecule is CCCNC(Cc1cc(F)ccc1F)c1cccc(C)c1. The van der Waals surface area contributed by atoms with Crippen LogP contribution in [0.4, 0.5) is 8.78 Å². The smallest absolute Gasteiger partial charge is 0.126 e. The molecule has 1 unspecified atom stereocenters. The molecule has 0 aliphatic rings. The second kappa shape index (κ2) is 7.32. The van der Waals surface area contributed by atoms with Gasteiger partial charge in [0, 0.05) is 6.04 Å². The number of halogens is 2. The molecule has 0 aliphatic carbocycles. The molecule has 0 saturated carbocycles. The minimum absolute atomic E-state index is 0.0128. The summed E-state index contributed by atoms with van der Waals surface area (Å²) in [6, 6.07) is 11.8. The van der Waals surface area contributed by atoms with Crippen LogP contribution in [-0.2, 0) is 6.42 Å². The van der Waals surface area contributed by atoms with Gasteiger partial charge in [-0.15, -0.1) is 0 Å². The van der Waals surface area contributed by atoms with Crippen LogP contribution >= 0.6 is 0 Å². The van der Waals surface area contributed by atoms with Crippen molar-refractivity contribution >= 4 is 0 Å². The molecule has 0 aromatic heterocycles. The molecule has 112 valence electrons. The maximum Gasteiger partial charge on any atom is 0.126 e. The van der Waals surface area contributed by atoms with E-state index >= 15 is 0 Å². The van der Waals surface area contributed by atoms with Crippen LogP contribution in [0.3, 0.4) is 0 Å². The van der Waals surface area contributed by atoms with Gasteiger partial charge in [-0.3, -0.25) is 0 Å². The van der Waals surface area contributed by atoms with Gasteiger partial charge in [-0.2, -0.15) is 0 Å². The number of nitrogens with one attached hydrogen (secondary N) is 1. The van der Waals surface area contributed by atoms with Crippen molar-refractivity contribution in [1.82, 2.24) is 5.32 Å². The van der Waals surface area contributed by atoms with Crippen LogP contribution < -0.4 is 5.32 Å². The molecule has 0 saturated heterocycles. The van der Waals surface area contributed by atoms with Crippen LogP contribution in [0.25, 0.3) is 0 Å². The molecule has 1 atom stereocenters. The Hall–Kier alpha value is -1.74. The summed E-state index contributed by atoms with van der Waals surface area (Å²) in [6.07, 6.45) is 1.43. The highest BCUT2D eigenvalue weighted by Gasteiger charge is 2.14. The molecule has 2 aromatic carbocycles. The van der Waals surface area contributed by atoms with Gasteiger partial charge in [0.25, 0.3) is 0 Å². The Kier molecular flexibility index (Phi) is 5.45. The average Bonchev–Trinajstić information content (AvgIpc) is 2.47. The molecule has 2 rings (SSSR count). The van der Waals surface area contributed by atoms with E-state index in [1.807, 2.05) is 25.1 Å². The van der Waals surface area contributed by atoms with Crippen molar-refractivity contribution in [3.05, 3.63) is 70.8 Å². The number of hydrogen-bond acceptors (Lipinski definition) is 1. The van der Waals surface area contributed by atoms with E-state index in [2.05, 4.69) is 18.3 Å². The van der Waals surface area contributed by atoms with Gasteiger partial charge in [-0.05, 0) is 55.6 Å². The van der Waals surface area contributed by atoms with E-state index in [1.165, 1.54) is 12.1 Å². The molecule has 0 amide bonds. The summed E-state index contributed by atoms with van der Waals surface area (Å²) in [5, 5.41) is 3.42. The minimum Gasteiger partial charge on any atom is -0.310 e. The molecule has 21 heavy (non-hydrogen) atoms. The molecule has 0 bridgehead atoms. The summed E-state index contributed by atoms with van der Waals surface area (Å²) in [6.45, 7) is 4.96. The topological polar surface area (TPSA) is 12.0 Å². The van der Waals surface area contributed by atoms with E-state index in [9.17, 15) is 8.78 Å². The monoisotopic (exact) mass is 289 g/mol. The Morgan fingerprint density at radius 3 is 2.62 bits per heavy atom. The molecule has 2 aromatic rings. The maximum atomic E-state index is 13.9. The molecular formula is C18H21F2N. The highest BCUT2D eigenvalue weighted by molar-refractivity contribution is 5.28. The zero-order valence-corrected chi connectivity index (χ0v) is 12.5. The van der Waals surface area contributed by atoms with Crippen molar-refractivity contribution in [2.75, 3.05) is 6.54 Å². The molecule has 1 nitrogen and oxygen atoms in total. The second-order valence-electron chi connectivity index (χ2n) is 5.36. The molecule has 1 N–H and O–H groups in total. The zero-order valence-electron chi connectivity index (χ0n) is 12.5. The fourth-order valence-corrected chi connectivity index (χ4v) is 2.43. The van der Waals surface area contributed by atoms with Crippen molar-refractivity contribution in [2.24, 2.45) is 0 Å². The first-order chi connectivity index (χ1) is 10.1. The first-order valence-corrected chi connectivity index (χ1v) is 7.34. The van der Waals surface area contributed by atoms with E-state index in [-0.39, 0.29) is 11.9 Å². The molecule has 0 aliphatic heterocycles. The Labute approximate surface area is 125 Å². The lowest BCUT2D eigenvalue weighted by Gasteiger charge is -2.20. The van der Waals surface area contributed by atoms with Crippen LogP contribution in [0.5, 0.6) is 0 Å². The molecule has 0 fully saturated rings. The number of aryl methyl sites for hydroxylation is 1. The number of benzene rings is 2. The summed E-state index contributed by atoms with van der Waals surface area (Å²) < 4.78 is 27.2. The van der Waals surface area contributed by atoms with Crippen molar-refractivity contribution in [3.63, 3.8) is 0 Å². The lowest BCUT2D eigenvalue weighted by molar-refractivity contribution is 0.508. The summed E-state index contributed by atoms with van der Waals surface area (Å²) in [5.74, 6) is -0.753. The summed E-state index contributed by atoms with van der Waals surface area (Å²) in [4.78, 5) is 0. The lowest BCUT2D eigenvalue weighted by atomic mass is 9.97. The lowest BCUT2D eigenvalue weighted by Crippen LogP contribution is -2.24. The average molecular weight is 289 g/mol. The number of rotatable bonds is 6. The third-order valence-corrected chi connectivity index (χ3v) is 3.52. The fourth-order valence-electron chi connectivity index (χ4n) is 2.43. The molecule has 0 radical (unpaired) electrons. The van der Waals surface area contributed by atoms with Gasteiger partial charge in [0.05, 0.1) is 0 Å². The van der Waals surface area contributed by atoms with Crippen molar-refractivity contribution in [3.8, 4) is 0 Å². The standard InChI is InChI=1S/C18H21F2N/c1-3-9-21-18(14-6-4-5-13(2)10-14)12-15-11-16(19)7-8-17(15)20/h4-8,10-11,18,21H,3,9,12H2,1-2H3. The highest BCUT2D eigenvalue weighted by atomic mass is 19.1. The first kappa shape index (κ1) is 15.6. The van der Waals surface area contributed by atoms with E-state index in [0.29, 0.717) is 12.0 Å². The van der Waals surface area contributed by atoms with Gasteiger partial charge >= 0.3 is 0 Å². The van der Waals surface area contributed by atoms with Gasteiger partial charge in [0.2, 0.25) is 0 Å². The maximum absolute atomic E-state index is 13.9. The van der Waals surface area contributed by atoms with E-state index < -0.39 is 5.82 Å². The Bertz CT molecular complexity index is 596. The molecule has 0 spiro atoms. The van der Waals surface area contributed by atoms with Crippen molar-refractivity contribution in [2.45, 2.75) is 32.7 Å². The molecular weight excluding hydrogens is 268 g/mol. The highest BCUT2D eigenvalue weighted by Crippen LogP contribution is 2.22. The quantitative estimate of drug-likeness (QED) is 0.822. The van der Waals surface area contributed by atoms with Gasteiger partial charge in [0.1, 0.15) is 11.6 Å². The van der Waals surface area contributed by atoms with Crippen LogP contribution in [0.15, 0.2) is 42.5 Å². The van der Waals surface area contributed by atoms with Crippen LogP contribution in [-0.4, -0.2) is 6.54 Å². The zero-order chi connectivity index (χ0) is 15.2. The van der Waals surface area contributed by atoms with Gasteiger partial charge in [-0.1, -0.05) is 36.8 Å². The summed E-state index contributed by atoms with van der Waals surface area (Å²) in [5.41, 5.74) is 2.67. The first-order valence-electron chi connectivity index (χ1n) is 7.34. The van der Waals surface area contributed by atoms with Crippen LogP contribution in [0.1, 0.15) is 36.1 Å². The Morgan fingerprint density at radius 1 is 1.10 bits per heavy atom. The largest absolute Gasteiger partial charge is 0.310 e. The predicted octanol–water partition coefficient (Wildman–Crippen LogP) is 4.56. The Morgan fingerprint density at radius 2 is 1.90 bits per heavy atom. The van der Waals surface area contributed by atoms with Crippen LogP contribution in [0, 0.1) is 18.6 Å². The van der Waals surface area contributed by atoms with Gasteiger partial charge < -0.3 is 5.32 Å². The molecule has 3 heteroatoms. The van der Waals surface area contributed by atoms with E-state index in [1.54, 1.807) is 0 Å². The third-order valence-electron chi connectivity index (χ3n) is 3.52. The van der Waals surface area contributed by atoms with Crippen LogP contribution in [0.2, 0.25) is 0 Å². The minimum atomic E-state index is -0.398. The van der Waals surface area contributed by atoms with Gasteiger partial charge in [-0.25, -0.2) is 8.78 Å². The summed E-state index contributed by atoms with van der Waals surface area (Å²) in [7, 11) is 0. The Balaban J connectivity index is 2.25. The second-order valence-corrected chi connectivity index (χ2v) is 5.36. The van der Waals surface area contributed by atoms with Gasteiger partial charge in [0.15, 0.2) is 0 Å². The fraction of sp³-hybridized carbons (Fsp3) is 0.333. The number of hydrogen-bond donors (Lipinski definition) is 1. The normalized spacial score (nSPS) is 12.4. The molecule has 0 heterocycles. The third kappa shape index (κ3) is 4.36. The van der Waals surface area contributed by atoms with Crippen molar-refractivity contribution < 1.29 is 8.78 Å². The van der Waals surface area contributed by atoms with E-state index in [4.69, 9.17) is 0 Å². The summed E-state index contributed by atoms with van der Waals surface area (Å²) >= 11 is 0.